The van der Waals surface area contributed by atoms with Crippen molar-refractivity contribution in [3.63, 3.8) is 0 Å². The Labute approximate surface area is 122 Å². The molecule has 94 valence electrons. The highest BCUT2D eigenvalue weighted by atomic mass is 79.9. The number of carbonyl (C=O) groups is 1. The van der Waals surface area contributed by atoms with Crippen LogP contribution in [-0.2, 0) is 6.54 Å². The topological polar surface area (TPSA) is 25.2 Å². The standard InChI is InChI=1S/C12H9BrCl2N2O/c1-16-4-5-17-10-6(2-3-7(14)9(10)15)8(13)11(17)12(16)18/h2-3H,4-5H2,1H3. The van der Waals surface area contributed by atoms with Crippen LogP contribution in [0.25, 0.3) is 10.9 Å². The van der Waals surface area contributed by atoms with Gasteiger partial charge in [-0.3, -0.25) is 4.79 Å². The quantitative estimate of drug-likeness (QED) is 0.711. The Balaban J connectivity index is 2.44. The highest BCUT2D eigenvalue weighted by Gasteiger charge is 2.29. The number of likely N-dealkylation sites (N-methyl/N-ethyl adjacent to an activating group) is 1. The van der Waals surface area contributed by atoms with E-state index >= 15 is 0 Å². The molecule has 6 heteroatoms. The average molecular weight is 348 g/mol. The molecule has 1 aromatic carbocycles. The van der Waals surface area contributed by atoms with Gasteiger partial charge in [0.25, 0.3) is 5.91 Å². The number of nitrogens with zero attached hydrogens (tertiary/aromatic N) is 2. The van der Waals surface area contributed by atoms with Crippen molar-refractivity contribution in [2.24, 2.45) is 0 Å². The van der Waals surface area contributed by atoms with Gasteiger partial charge in [-0.1, -0.05) is 29.3 Å². The number of benzene rings is 1. The summed E-state index contributed by atoms with van der Waals surface area (Å²) in [4.78, 5) is 13.9. The summed E-state index contributed by atoms with van der Waals surface area (Å²) in [5, 5.41) is 1.92. The summed E-state index contributed by atoms with van der Waals surface area (Å²) in [6.45, 7) is 1.39. The maximum atomic E-state index is 12.2. The predicted octanol–water partition coefficient (Wildman–Crippen LogP) is 3.80. The van der Waals surface area contributed by atoms with Gasteiger partial charge in [0.15, 0.2) is 0 Å². The van der Waals surface area contributed by atoms with Crippen LogP contribution in [0.1, 0.15) is 10.5 Å². The number of carbonyl (C=O) groups excluding carboxylic acids is 1. The number of fused-ring (bicyclic) bond motifs is 3. The highest BCUT2D eigenvalue weighted by Crippen LogP contribution is 2.39. The number of hydrogen-bond donors (Lipinski definition) is 0. The fourth-order valence-electron chi connectivity index (χ4n) is 2.30. The molecule has 1 aromatic heterocycles. The second-order valence-corrected chi connectivity index (χ2v) is 5.88. The largest absolute Gasteiger partial charge is 0.339 e. The Morgan fingerprint density at radius 2 is 2.00 bits per heavy atom. The third-order valence-electron chi connectivity index (χ3n) is 3.26. The molecule has 0 saturated heterocycles. The molecule has 2 aromatic rings. The lowest BCUT2D eigenvalue weighted by Gasteiger charge is -2.25. The zero-order valence-corrected chi connectivity index (χ0v) is 12.6. The molecule has 0 unspecified atom stereocenters. The van der Waals surface area contributed by atoms with Crippen molar-refractivity contribution in [2.75, 3.05) is 13.6 Å². The minimum absolute atomic E-state index is 0.00323. The van der Waals surface area contributed by atoms with E-state index < -0.39 is 0 Å². The Kier molecular flexibility index (Phi) is 2.84. The minimum Gasteiger partial charge on any atom is -0.339 e. The summed E-state index contributed by atoms with van der Waals surface area (Å²) in [5.41, 5.74) is 1.47. The van der Waals surface area contributed by atoms with Crippen LogP contribution >= 0.6 is 39.1 Å². The lowest BCUT2D eigenvalue weighted by atomic mass is 10.2. The molecule has 0 N–H and O–H groups in total. The molecule has 3 nitrogen and oxygen atoms in total. The second-order valence-electron chi connectivity index (χ2n) is 4.30. The highest BCUT2D eigenvalue weighted by molar-refractivity contribution is 9.10. The van der Waals surface area contributed by atoms with Crippen molar-refractivity contribution in [2.45, 2.75) is 6.54 Å². The van der Waals surface area contributed by atoms with Crippen molar-refractivity contribution < 1.29 is 4.79 Å². The molecule has 0 bridgehead atoms. The summed E-state index contributed by atoms with van der Waals surface area (Å²) in [5.74, 6) is -0.00323. The number of hydrogen-bond acceptors (Lipinski definition) is 1. The SMILES string of the molecule is CN1CCn2c(c(Br)c3ccc(Cl)c(Cl)c32)C1=O. The van der Waals surface area contributed by atoms with Crippen molar-refractivity contribution in [3.05, 3.63) is 32.3 Å². The summed E-state index contributed by atoms with van der Waals surface area (Å²) in [7, 11) is 1.80. The van der Waals surface area contributed by atoms with E-state index in [0.717, 1.165) is 21.9 Å². The molecule has 1 aliphatic rings. The first kappa shape index (κ1) is 12.3. The van der Waals surface area contributed by atoms with E-state index in [2.05, 4.69) is 15.9 Å². The second kappa shape index (κ2) is 4.15. The van der Waals surface area contributed by atoms with E-state index in [-0.39, 0.29) is 5.91 Å². The van der Waals surface area contributed by atoms with E-state index in [0.29, 0.717) is 22.3 Å². The molecule has 1 amide bonds. The Morgan fingerprint density at radius 1 is 1.28 bits per heavy atom. The van der Waals surface area contributed by atoms with Gasteiger partial charge >= 0.3 is 0 Å². The maximum absolute atomic E-state index is 12.2. The molecule has 0 fully saturated rings. The Hall–Kier alpha value is -0.710. The predicted molar refractivity (Wildman–Crippen MR) is 76.6 cm³/mol. The Bertz CT molecular complexity index is 681. The first-order valence-corrected chi connectivity index (χ1v) is 6.98. The summed E-state index contributed by atoms with van der Waals surface area (Å²) in [6.07, 6.45) is 0. The van der Waals surface area contributed by atoms with Gasteiger partial charge in [0.1, 0.15) is 5.69 Å². The number of amides is 1. The third kappa shape index (κ3) is 1.52. The van der Waals surface area contributed by atoms with Crippen molar-refractivity contribution in [3.8, 4) is 0 Å². The van der Waals surface area contributed by atoms with Crippen LogP contribution in [0.2, 0.25) is 10.0 Å². The third-order valence-corrected chi connectivity index (χ3v) is 4.86. The molecule has 0 radical (unpaired) electrons. The molecule has 3 rings (SSSR count). The molecule has 2 heterocycles. The Morgan fingerprint density at radius 3 is 2.72 bits per heavy atom. The maximum Gasteiger partial charge on any atom is 0.271 e. The van der Waals surface area contributed by atoms with Crippen LogP contribution in [0.4, 0.5) is 0 Å². The molecule has 0 spiro atoms. The zero-order chi connectivity index (χ0) is 13.0. The van der Waals surface area contributed by atoms with Gasteiger partial charge in [0, 0.05) is 25.5 Å². The van der Waals surface area contributed by atoms with Gasteiger partial charge in [-0.25, -0.2) is 0 Å². The first-order chi connectivity index (χ1) is 8.52. The number of aromatic nitrogens is 1. The lowest BCUT2D eigenvalue weighted by molar-refractivity contribution is 0.0750. The van der Waals surface area contributed by atoms with Crippen LogP contribution in [0.3, 0.4) is 0 Å². The van der Waals surface area contributed by atoms with Crippen molar-refractivity contribution >= 4 is 55.9 Å². The van der Waals surface area contributed by atoms with Gasteiger partial charge in [0.2, 0.25) is 0 Å². The van der Waals surface area contributed by atoms with Crippen LogP contribution in [0, 0.1) is 0 Å². The minimum atomic E-state index is -0.00323. The molecule has 0 atom stereocenters. The normalized spacial score (nSPS) is 15.3. The number of rotatable bonds is 0. The average Bonchev–Trinajstić information content (AvgIpc) is 2.63. The summed E-state index contributed by atoms with van der Waals surface area (Å²) in [6, 6.07) is 3.63. The molecule has 0 aliphatic carbocycles. The van der Waals surface area contributed by atoms with Crippen LogP contribution < -0.4 is 0 Å². The van der Waals surface area contributed by atoms with Gasteiger partial charge < -0.3 is 9.47 Å². The molecule has 1 aliphatic heterocycles. The smallest absolute Gasteiger partial charge is 0.271 e. The monoisotopic (exact) mass is 346 g/mol. The molecule has 0 saturated carbocycles. The molecular weight excluding hydrogens is 339 g/mol. The van der Waals surface area contributed by atoms with Crippen molar-refractivity contribution in [1.29, 1.82) is 0 Å². The summed E-state index contributed by atoms with van der Waals surface area (Å²) < 4.78 is 2.73. The van der Waals surface area contributed by atoms with E-state index in [1.165, 1.54) is 0 Å². The molecule has 18 heavy (non-hydrogen) atoms. The van der Waals surface area contributed by atoms with E-state index in [9.17, 15) is 4.79 Å². The van der Waals surface area contributed by atoms with Crippen LogP contribution in [0.5, 0.6) is 0 Å². The fraction of sp³-hybridized carbons (Fsp3) is 0.250. The van der Waals surface area contributed by atoms with Gasteiger partial charge in [-0.2, -0.15) is 0 Å². The lowest BCUT2D eigenvalue weighted by Crippen LogP contribution is -2.37. The molecular formula is C12H9BrCl2N2O. The zero-order valence-electron chi connectivity index (χ0n) is 9.51. The van der Waals surface area contributed by atoms with Crippen LogP contribution in [0.15, 0.2) is 16.6 Å². The van der Waals surface area contributed by atoms with E-state index in [1.807, 2.05) is 10.6 Å². The first-order valence-electron chi connectivity index (χ1n) is 5.43. The van der Waals surface area contributed by atoms with Gasteiger partial charge in [-0.15, -0.1) is 0 Å². The number of halogens is 3. The van der Waals surface area contributed by atoms with E-state index in [4.69, 9.17) is 23.2 Å². The fourth-order valence-corrected chi connectivity index (χ4v) is 3.43. The van der Waals surface area contributed by atoms with Gasteiger partial charge in [-0.05, 0) is 22.0 Å². The summed E-state index contributed by atoms with van der Waals surface area (Å²) >= 11 is 15.8. The van der Waals surface area contributed by atoms with Gasteiger partial charge in [0.05, 0.1) is 20.0 Å². The van der Waals surface area contributed by atoms with Crippen molar-refractivity contribution in [1.82, 2.24) is 9.47 Å². The van der Waals surface area contributed by atoms with Crippen LogP contribution in [-0.4, -0.2) is 29.0 Å². The van der Waals surface area contributed by atoms with E-state index in [1.54, 1.807) is 18.0 Å².